The minimum Gasteiger partial charge on any atom is -0.305 e. The van der Waals surface area contributed by atoms with E-state index in [1.807, 2.05) is 19.0 Å². The molecule has 84 valence electrons. The van der Waals surface area contributed by atoms with E-state index in [-0.39, 0.29) is 5.82 Å². The van der Waals surface area contributed by atoms with Gasteiger partial charge in [0.15, 0.2) is 0 Å². The summed E-state index contributed by atoms with van der Waals surface area (Å²) in [5.74, 6) is 0.448. The summed E-state index contributed by atoms with van der Waals surface area (Å²) in [4.78, 5) is 2.05. The van der Waals surface area contributed by atoms with Gasteiger partial charge in [0, 0.05) is 6.54 Å². The third-order valence-corrected chi connectivity index (χ3v) is 2.16. The van der Waals surface area contributed by atoms with E-state index >= 15 is 0 Å². The Morgan fingerprint density at radius 3 is 2.27 bits per heavy atom. The normalized spacial score (nSPS) is 11.4. The molecular weight excluding hydrogens is 189 g/mol. The lowest BCUT2D eigenvalue weighted by molar-refractivity contribution is 0.401. The molecule has 0 saturated heterocycles. The molecule has 0 fully saturated rings. The van der Waals surface area contributed by atoms with Crippen LogP contribution in [-0.4, -0.2) is 19.0 Å². The average Bonchev–Trinajstić information content (AvgIpc) is 1.98. The van der Waals surface area contributed by atoms with Crippen LogP contribution in [0, 0.1) is 11.7 Å². The van der Waals surface area contributed by atoms with E-state index in [0.717, 1.165) is 24.1 Å². The standard InChI is InChI=1S/C13H20FN/c1-10(2)5-11-6-12(9-15(3)4)8-13(14)7-11/h6-8,10H,5,9H2,1-4H3. The Hall–Kier alpha value is -0.890. The van der Waals surface area contributed by atoms with Gasteiger partial charge in [0.2, 0.25) is 0 Å². The van der Waals surface area contributed by atoms with Crippen LogP contribution in [0.5, 0.6) is 0 Å². The number of hydrogen-bond donors (Lipinski definition) is 0. The Balaban J connectivity index is 2.84. The summed E-state index contributed by atoms with van der Waals surface area (Å²) in [6, 6.07) is 5.35. The van der Waals surface area contributed by atoms with Crippen LogP contribution in [0.3, 0.4) is 0 Å². The SMILES string of the molecule is CC(C)Cc1cc(F)cc(CN(C)C)c1. The fourth-order valence-corrected chi connectivity index (χ4v) is 1.76. The Kier molecular flexibility index (Phi) is 4.28. The van der Waals surface area contributed by atoms with Gasteiger partial charge >= 0.3 is 0 Å². The van der Waals surface area contributed by atoms with Crippen LogP contribution in [0.15, 0.2) is 18.2 Å². The van der Waals surface area contributed by atoms with Gasteiger partial charge in [-0.05, 0) is 49.7 Å². The van der Waals surface area contributed by atoms with Gasteiger partial charge in [-0.15, -0.1) is 0 Å². The molecule has 1 nitrogen and oxygen atoms in total. The van der Waals surface area contributed by atoms with Crippen molar-refractivity contribution in [3.63, 3.8) is 0 Å². The maximum atomic E-state index is 13.3. The number of nitrogens with zero attached hydrogens (tertiary/aromatic N) is 1. The molecule has 0 spiro atoms. The van der Waals surface area contributed by atoms with Crippen molar-refractivity contribution in [2.75, 3.05) is 14.1 Å². The van der Waals surface area contributed by atoms with Crippen molar-refractivity contribution in [2.24, 2.45) is 5.92 Å². The van der Waals surface area contributed by atoms with E-state index in [1.165, 1.54) is 0 Å². The van der Waals surface area contributed by atoms with Gasteiger partial charge in [0.1, 0.15) is 5.82 Å². The first kappa shape index (κ1) is 12.2. The van der Waals surface area contributed by atoms with Crippen molar-refractivity contribution in [1.82, 2.24) is 4.90 Å². The van der Waals surface area contributed by atoms with E-state index < -0.39 is 0 Å². The van der Waals surface area contributed by atoms with Crippen LogP contribution in [0.1, 0.15) is 25.0 Å². The van der Waals surface area contributed by atoms with Gasteiger partial charge in [-0.3, -0.25) is 0 Å². The fraction of sp³-hybridized carbons (Fsp3) is 0.538. The highest BCUT2D eigenvalue weighted by Crippen LogP contribution is 2.14. The second kappa shape index (κ2) is 5.26. The van der Waals surface area contributed by atoms with Crippen LogP contribution < -0.4 is 0 Å². The van der Waals surface area contributed by atoms with Crippen molar-refractivity contribution in [1.29, 1.82) is 0 Å². The Bertz CT molecular complexity index is 290. The smallest absolute Gasteiger partial charge is 0.123 e. The minimum absolute atomic E-state index is 0.120. The molecule has 0 atom stereocenters. The fourth-order valence-electron chi connectivity index (χ4n) is 1.76. The molecule has 1 aromatic carbocycles. The van der Waals surface area contributed by atoms with E-state index in [4.69, 9.17) is 0 Å². The first-order valence-electron chi connectivity index (χ1n) is 5.40. The molecule has 1 aromatic rings. The van der Waals surface area contributed by atoms with Crippen LogP contribution in [-0.2, 0) is 13.0 Å². The van der Waals surface area contributed by atoms with Gasteiger partial charge in [-0.1, -0.05) is 19.9 Å². The Labute approximate surface area is 91.9 Å². The molecule has 0 aliphatic rings. The maximum absolute atomic E-state index is 13.3. The van der Waals surface area contributed by atoms with Crippen molar-refractivity contribution in [2.45, 2.75) is 26.8 Å². The summed E-state index contributed by atoms with van der Waals surface area (Å²) in [6.07, 6.45) is 0.943. The van der Waals surface area contributed by atoms with Gasteiger partial charge in [-0.25, -0.2) is 4.39 Å². The summed E-state index contributed by atoms with van der Waals surface area (Å²) >= 11 is 0. The molecule has 15 heavy (non-hydrogen) atoms. The Morgan fingerprint density at radius 1 is 1.13 bits per heavy atom. The van der Waals surface area contributed by atoms with E-state index in [2.05, 4.69) is 19.9 Å². The van der Waals surface area contributed by atoms with E-state index in [0.29, 0.717) is 5.92 Å². The molecule has 2 heteroatoms. The summed E-state index contributed by atoms with van der Waals surface area (Å²) in [5, 5.41) is 0. The van der Waals surface area contributed by atoms with Gasteiger partial charge in [0.25, 0.3) is 0 Å². The number of rotatable bonds is 4. The highest BCUT2D eigenvalue weighted by molar-refractivity contribution is 5.25. The minimum atomic E-state index is -0.120. The molecule has 0 aliphatic carbocycles. The van der Waals surface area contributed by atoms with Gasteiger partial charge in [-0.2, -0.15) is 0 Å². The average molecular weight is 209 g/mol. The topological polar surface area (TPSA) is 3.24 Å². The lowest BCUT2D eigenvalue weighted by atomic mass is 10.0. The third kappa shape index (κ3) is 4.43. The van der Waals surface area contributed by atoms with Crippen LogP contribution in [0.4, 0.5) is 4.39 Å². The van der Waals surface area contributed by atoms with E-state index in [1.54, 1.807) is 12.1 Å². The quantitative estimate of drug-likeness (QED) is 0.736. The largest absolute Gasteiger partial charge is 0.305 e. The third-order valence-electron chi connectivity index (χ3n) is 2.16. The van der Waals surface area contributed by atoms with Gasteiger partial charge in [0.05, 0.1) is 0 Å². The molecule has 0 aromatic heterocycles. The zero-order valence-electron chi connectivity index (χ0n) is 10.0. The first-order chi connectivity index (χ1) is 6.97. The predicted molar refractivity (Wildman–Crippen MR) is 62.3 cm³/mol. The molecular formula is C13H20FN. The number of halogens is 1. The molecule has 0 radical (unpaired) electrons. The zero-order chi connectivity index (χ0) is 11.4. The van der Waals surface area contributed by atoms with Crippen molar-refractivity contribution >= 4 is 0 Å². The lowest BCUT2D eigenvalue weighted by Crippen LogP contribution is -2.11. The van der Waals surface area contributed by atoms with Crippen LogP contribution in [0.25, 0.3) is 0 Å². The summed E-state index contributed by atoms with van der Waals surface area (Å²) < 4.78 is 13.3. The molecule has 0 amide bonds. The van der Waals surface area contributed by atoms with Crippen LogP contribution in [0.2, 0.25) is 0 Å². The number of benzene rings is 1. The van der Waals surface area contributed by atoms with Gasteiger partial charge < -0.3 is 4.90 Å². The summed E-state index contributed by atoms with van der Waals surface area (Å²) in [5.41, 5.74) is 2.15. The first-order valence-corrected chi connectivity index (χ1v) is 5.40. The van der Waals surface area contributed by atoms with Crippen molar-refractivity contribution in [3.8, 4) is 0 Å². The summed E-state index contributed by atoms with van der Waals surface area (Å²) in [7, 11) is 3.99. The van der Waals surface area contributed by atoms with Crippen molar-refractivity contribution < 1.29 is 4.39 Å². The maximum Gasteiger partial charge on any atom is 0.123 e. The van der Waals surface area contributed by atoms with Crippen LogP contribution >= 0.6 is 0 Å². The molecule has 0 bridgehead atoms. The predicted octanol–water partition coefficient (Wildman–Crippen LogP) is 3.09. The van der Waals surface area contributed by atoms with Crippen molar-refractivity contribution in [3.05, 3.63) is 35.1 Å². The highest BCUT2D eigenvalue weighted by atomic mass is 19.1. The second-order valence-electron chi connectivity index (χ2n) is 4.80. The second-order valence-corrected chi connectivity index (χ2v) is 4.80. The molecule has 0 N–H and O–H groups in total. The Morgan fingerprint density at radius 2 is 1.73 bits per heavy atom. The molecule has 1 rings (SSSR count). The molecule has 0 saturated carbocycles. The number of hydrogen-bond acceptors (Lipinski definition) is 1. The lowest BCUT2D eigenvalue weighted by Gasteiger charge is -2.12. The highest BCUT2D eigenvalue weighted by Gasteiger charge is 2.04. The summed E-state index contributed by atoms with van der Waals surface area (Å²) in [6.45, 7) is 5.09. The molecule has 0 heterocycles. The van der Waals surface area contributed by atoms with E-state index in [9.17, 15) is 4.39 Å². The zero-order valence-corrected chi connectivity index (χ0v) is 10.0. The monoisotopic (exact) mass is 209 g/mol. The molecule has 0 unspecified atom stereocenters. The molecule has 0 aliphatic heterocycles.